The van der Waals surface area contributed by atoms with Gasteiger partial charge >= 0.3 is 17.9 Å². The Bertz CT molecular complexity index is 1240. The minimum Gasteiger partial charge on any atom is -0.462 e. The fourth-order valence-corrected chi connectivity index (χ4v) is 9.90. The van der Waals surface area contributed by atoms with Gasteiger partial charge in [-0.1, -0.05) is 308 Å². The summed E-state index contributed by atoms with van der Waals surface area (Å²) in [6.45, 7) is 6.69. The molecule has 0 aliphatic heterocycles. The second-order valence-electron chi connectivity index (χ2n) is 22.4. The number of rotatable bonds is 61. The Kier molecular flexibility index (Phi) is 61.1. The number of carbonyl (C=O) groups excluding carboxylic acids is 3. The van der Waals surface area contributed by atoms with Crippen LogP contribution in [0.15, 0.2) is 36.5 Å². The summed E-state index contributed by atoms with van der Waals surface area (Å²) in [5.41, 5.74) is 0. The highest BCUT2D eigenvalue weighted by Gasteiger charge is 2.19. The Labute approximate surface area is 461 Å². The number of ether oxygens (including phenoxy) is 3. The van der Waals surface area contributed by atoms with E-state index in [1.54, 1.807) is 0 Å². The number of carbonyl (C=O) groups is 3. The quantitative estimate of drug-likeness (QED) is 0.0199. The molecule has 0 bridgehead atoms. The third kappa shape index (κ3) is 60.5. The molecule has 0 saturated carbocycles. The molecule has 1 atom stereocenters. The van der Waals surface area contributed by atoms with Crippen molar-refractivity contribution in [1.82, 2.24) is 0 Å². The molecule has 6 heteroatoms. The van der Waals surface area contributed by atoms with Gasteiger partial charge in [0, 0.05) is 19.3 Å². The van der Waals surface area contributed by atoms with E-state index in [9.17, 15) is 14.4 Å². The fourth-order valence-electron chi connectivity index (χ4n) is 9.90. The van der Waals surface area contributed by atoms with Crippen molar-refractivity contribution in [2.75, 3.05) is 13.2 Å². The molecule has 0 aliphatic rings. The minimum atomic E-state index is -0.779. The third-order valence-corrected chi connectivity index (χ3v) is 14.9. The van der Waals surface area contributed by atoms with Crippen molar-refractivity contribution < 1.29 is 28.6 Å². The van der Waals surface area contributed by atoms with Crippen LogP contribution in [-0.4, -0.2) is 37.2 Å². The number of hydrogen-bond acceptors (Lipinski definition) is 6. The van der Waals surface area contributed by atoms with E-state index in [2.05, 4.69) is 57.2 Å². The van der Waals surface area contributed by atoms with Crippen molar-refractivity contribution in [1.29, 1.82) is 0 Å². The number of unbranched alkanes of at least 4 members (excludes halogenated alkanes) is 45. The van der Waals surface area contributed by atoms with Gasteiger partial charge in [-0.15, -0.1) is 0 Å². The highest BCUT2D eigenvalue weighted by molar-refractivity contribution is 5.71. The summed E-state index contributed by atoms with van der Waals surface area (Å²) in [6, 6.07) is 0. The van der Waals surface area contributed by atoms with Crippen LogP contribution in [0, 0.1) is 0 Å². The maximum atomic E-state index is 12.9. The Morgan fingerprint density at radius 3 is 0.757 bits per heavy atom. The summed E-state index contributed by atoms with van der Waals surface area (Å²) < 4.78 is 17.0. The molecule has 74 heavy (non-hydrogen) atoms. The predicted octanol–water partition coefficient (Wildman–Crippen LogP) is 22.4. The highest BCUT2D eigenvalue weighted by atomic mass is 16.6. The first-order valence-electron chi connectivity index (χ1n) is 33.0. The van der Waals surface area contributed by atoms with Crippen LogP contribution < -0.4 is 0 Å². The third-order valence-electron chi connectivity index (χ3n) is 14.9. The fraction of sp³-hybridized carbons (Fsp3) is 0.868. The number of esters is 3. The van der Waals surface area contributed by atoms with Gasteiger partial charge in [0.25, 0.3) is 0 Å². The van der Waals surface area contributed by atoms with Crippen LogP contribution in [0.5, 0.6) is 0 Å². The van der Waals surface area contributed by atoms with Crippen molar-refractivity contribution in [3.8, 4) is 0 Å². The molecule has 0 spiro atoms. The molecule has 0 heterocycles. The van der Waals surface area contributed by atoms with E-state index in [-0.39, 0.29) is 31.1 Å². The molecule has 1 unspecified atom stereocenters. The lowest BCUT2D eigenvalue weighted by atomic mass is 10.0. The zero-order valence-corrected chi connectivity index (χ0v) is 49.9. The monoisotopic (exact) mass is 1040 g/mol. The molecule has 0 rings (SSSR count). The summed E-state index contributed by atoms with van der Waals surface area (Å²) in [4.78, 5) is 38.4. The van der Waals surface area contributed by atoms with E-state index >= 15 is 0 Å². The predicted molar refractivity (Wildman–Crippen MR) is 321 cm³/mol. The molecule has 434 valence electrons. The first-order chi connectivity index (χ1) is 36.5. The van der Waals surface area contributed by atoms with Gasteiger partial charge in [0.2, 0.25) is 0 Å². The summed E-state index contributed by atoms with van der Waals surface area (Å²) >= 11 is 0. The first kappa shape index (κ1) is 71.6. The van der Waals surface area contributed by atoms with Crippen LogP contribution in [0.3, 0.4) is 0 Å². The Balaban J connectivity index is 4.36. The highest BCUT2D eigenvalue weighted by Crippen LogP contribution is 2.17. The summed E-state index contributed by atoms with van der Waals surface area (Å²) in [6.07, 6.45) is 77.2. The Morgan fingerprint density at radius 1 is 0.270 bits per heavy atom. The van der Waals surface area contributed by atoms with E-state index < -0.39 is 6.10 Å². The largest absolute Gasteiger partial charge is 0.462 e. The van der Waals surface area contributed by atoms with E-state index in [0.717, 1.165) is 77.0 Å². The molecule has 0 radical (unpaired) electrons. The molecule has 0 saturated heterocycles. The molecule has 0 amide bonds. The average Bonchev–Trinajstić information content (AvgIpc) is 3.40. The van der Waals surface area contributed by atoms with Gasteiger partial charge in [-0.25, -0.2) is 0 Å². The average molecular weight is 1040 g/mol. The molecule has 0 aromatic rings. The van der Waals surface area contributed by atoms with E-state index in [4.69, 9.17) is 14.2 Å². The zero-order valence-electron chi connectivity index (χ0n) is 49.9. The van der Waals surface area contributed by atoms with Crippen LogP contribution in [0.2, 0.25) is 0 Å². The van der Waals surface area contributed by atoms with Crippen molar-refractivity contribution in [2.24, 2.45) is 0 Å². The Morgan fingerprint density at radius 2 is 0.486 bits per heavy atom. The van der Waals surface area contributed by atoms with Crippen molar-refractivity contribution in [3.05, 3.63) is 36.5 Å². The SMILES string of the molecule is CCCCCCCCC/C=C\C=C/CCCCCCCC(=O)OCC(COC(=O)CCCCCCCCC/C=C\CCCCCCCCCC)OC(=O)CCCCCCCCCCCCCCCCCCCCC. The second kappa shape index (κ2) is 63.2. The Hall–Kier alpha value is -2.37. The summed E-state index contributed by atoms with van der Waals surface area (Å²) in [5, 5.41) is 0. The lowest BCUT2D eigenvalue weighted by Gasteiger charge is -2.18. The molecule has 0 N–H and O–H groups in total. The lowest BCUT2D eigenvalue weighted by molar-refractivity contribution is -0.167. The van der Waals surface area contributed by atoms with Crippen LogP contribution in [0.25, 0.3) is 0 Å². The molecule has 6 nitrogen and oxygen atoms in total. The topological polar surface area (TPSA) is 78.9 Å². The number of hydrogen-bond donors (Lipinski definition) is 0. The summed E-state index contributed by atoms with van der Waals surface area (Å²) in [7, 11) is 0. The zero-order chi connectivity index (χ0) is 53.6. The van der Waals surface area contributed by atoms with Gasteiger partial charge in [0.15, 0.2) is 6.10 Å². The van der Waals surface area contributed by atoms with Crippen LogP contribution in [-0.2, 0) is 28.6 Å². The van der Waals surface area contributed by atoms with Gasteiger partial charge < -0.3 is 14.2 Å². The molecule has 0 aromatic carbocycles. The van der Waals surface area contributed by atoms with E-state index in [0.29, 0.717) is 19.3 Å². The molecular formula is C68H126O6. The normalized spacial score (nSPS) is 12.2. The van der Waals surface area contributed by atoms with E-state index in [1.807, 2.05) is 0 Å². The minimum absolute atomic E-state index is 0.0753. The van der Waals surface area contributed by atoms with Crippen LogP contribution in [0.4, 0.5) is 0 Å². The van der Waals surface area contributed by atoms with Crippen LogP contribution in [0.1, 0.15) is 361 Å². The first-order valence-corrected chi connectivity index (χ1v) is 33.0. The van der Waals surface area contributed by atoms with Gasteiger partial charge in [-0.3, -0.25) is 14.4 Å². The van der Waals surface area contributed by atoms with Gasteiger partial charge in [-0.05, 0) is 70.6 Å². The smallest absolute Gasteiger partial charge is 0.306 e. The van der Waals surface area contributed by atoms with Crippen molar-refractivity contribution in [3.63, 3.8) is 0 Å². The molecule has 0 aromatic heterocycles. The van der Waals surface area contributed by atoms with Gasteiger partial charge in [0.1, 0.15) is 13.2 Å². The maximum Gasteiger partial charge on any atom is 0.306 e. The van der Waals surface area contributed by atoms with Gasteiger partial charge in [0.05, 0.1) is 0 Å². The summed E-state index contributed by atoms with van der Waals surface area (Å²) in [5.74, 6) is -0.869. The molecular weight excluding hydrogens is 913 g/mol. The van der Waals surface area contributed by atoms with Crippen molar-refractivity contribution in [2.45, 2.75) is 367 Å². The second-order valence-corrected chi connectivity index (χ2v) is 22.4. The van der Waals surface area contributed by atoms with Gasteiger partial charge in [-0.2, -0.15) is 0 Å². The maximum absolute atomic E-state index is 12.9. The molecule has 0 aliphatic carbocycles. The number of allylic oxidation sites excluding steroid dienone is 6. The molecule has 0 fully saturated rings. The van der Waals surface area contributed by atoms with Crippen molar-refractivity contribution >= 4 is 17.9 Å². The van der Waals surface area contributed by atoms with Crippen LogP contribution >= 0.6 is 0 Å². The van der Waals surface area contributed by atoms with E-state index in [1.165, 1.54) is 244 Å². The standard InChI is InChI=1S/C68H126O6/c1-4-7-10-13-16-19-22-25-28-31-34-37-40-43-46-49-52-55-58-61-67(70)73-64-65(63-72-66(69)60-57-54-51-48-45-42-39-36-33-30-27-24-21-18-15-12-9-6-3)74-68(71)62-59-56-53-50-47-44-41-38-35-32-29-26-23-20-17-14-11-8-5-2/h30-31,33-34,36,39,65H,4-29,32,35,37-38,40-64H2,1-3H3/b33-30-,34-31-,39-36-. The lowest BCUT2D eigenvalue weighted by Crippen LogP contribution is -2.30.